The number of pyridine rings is 1. The molecule has 2 N–H and O–H groups in total. The van der Waals surface area contributed by atoms with Crippen molar-refractivity contribution in [2.24, 2.45) is 0 Å². The number of para-hydroxylation sites is 1. The fraction of sp³-hybridized carbons (Fsp3) is 0.227. The van der Waals surface area contributed by atoms with Crippen LogP contribution in [0.3, 0.4) is 0 Å². The third-order valence-corrected chi connectivity index (χ3v) is 6.68. The van der Waals surface area contributed by atoms with Crippen LogP contribution in [-0.4, -0.2) is 49.8 Å². The van der Waals surface area contributed by atoms with Gasteiger partial charge in [0.15, 0.2) is 6.10 Å². The fourth-order valence-electron chi connectivity index (χ4n) is 2.99. The van der Waals surface area contributed by atoms with Gasteiger partial charge in [-0.2, -0.15) is 0 Å². The van der Waals surface area contributed by atoms with Crippen molar-refractivity contribution in [2.75, 3.05) is 19.4 Å². The molecule has 9 nitrogen and oxygen atoms in total. The summed E-state index contributed by atoms with van der Waals surface area (Å²) in [6.45, 7) is 3.10. The molecule has 0 aliphatic carbocycles. The Balaban J connectivity index is 1.81. The van der Waals surface area contributed by atoms with Crippen LogP contribution in [0, 0.1) is 6.92 Å². The summed E-state index contributed by atoms with van der Waals surface area (Å²) in [6.07, 6.45) is -1.20. The lowest BCUT2D eigenvalue weighted by Gasteiger charge is -2.17. The normalized spacial score (nSPS) is 12.5. The van der Waals surface area contributed by atoms with Gasteiger partial charge in [0.05, 0.1) is 10.5 Å². The van der Waals surface area contributed by atoms with Crippen LogP contribution in [0.5, 0.6) is 0 Å². The zero-order valence-corrected chi connectivity index (χ0v) is 18.8. The number of sulfonamides is 1. The van der Waals surface area contributed by atoms with Crippen LogP contribution in [-0.2, 0) is 19.6 Å². The maximum absolute atomic E-state index is 12.7. The number of anilines is 1. The van der Waals surface area contributed by atoms with Crippen LogP contribution >= 0.6 is 0 Å². The topological polar surface area (TPSA) is 126 Å². The Morgan fingerprint density at radius 1 is 1.09 bits per heavy atom. The lowest BCUT2D eigenvalue weighted by molar-refractivity contribution is -0.123. The Kier molecular flexibility index (Phi) is 6.47. The molecule has 3 aromatic rings. The van der Waals surface area contributed by atoms with Crippen LogP contribution in [0.2, 0.25) is 0 Å². The lowest BCUT2D eigenvalue weighted by atomic mass is 10.1. The summed E-state index contributed by atoms with van der Waals surface area (Å²) < 4.78 is 31.1. The van der Waals surface area contributed by atoms with Gasteiger partial charge in [0.2, 0.25) is 15.6 Å². The van der Waals surface area contributed by atoms with Crippen molar-refractivity contribution in [1.82, 2.24) is 9.29 Å². The molecule has 168 valence electrons. The lowest BCUT2D eigenvalue weighted by Crippen LogP contribution is -2.31. The smallest absolute Gasteiger partial charge is 0.339 e. The molecule has 0 saturated heterocycles. The second-order valence-electron chi connectivity index (χ2n) is 7.39. The zero-order valence-electron chi connectivity index (χ0n) is 18.0. The van der Waals surface area contributed by atoms with E-state index in [9.17, 15) is 22.8 Å². The number of amides is 1. The highest BCUT2D eigenvalue weighted by Gasteiger charge is 2.23. The van der Waals surface area contributed by atoms with Gasteiger partial charge in [0, 0.05) is 36.8 Å². The standard InChI is InChI=1S/C22H23N3O6S/c1-13-9-10-15(32(29,30)25(3)4)11-19(13)24-21(27)14(2)31-22(28)17-12-20(26)23-18-8-6-5-7-16(17)18/h5-12,14H,1-4H3,(H,23,26)(H,24,27). The molecule has 10 heteroatoms. The van der Waals surface area contributed by atoms with E-state index in [1.54, 1.807) is 37.3 Å². The van der Waals surface area contributed by atoms with E-state index in [4.69, 9.17) is 4.74 Å². The van der Waals surface area contributed by atoms with Gasteiger partial charge in [-0.25, -0.2) is 17.5 Å². The van der Waals surface area contributed by atoms with E-state index in [2.05, 4.69) is 10.3 Å². The molecule has 2 aromatic carbocycles. The third-order valence-electron chi connectivity index (χ3n) is 4.87. The second-order valence-corrected chi connectivity index (χ2v) is 9.55. The van der Waals surface area contributed by atoms with Crippen LogP contribution in [0.25, 0.3) is 10.9 Å². The van der Waals surface area contributed by atoms with E-state index < -0.39 is 33.6 Å². The Morgan fingerprint density at radius 2 is 1.78 bits per heavy atom. The fourth-order valence-corrected chi connectivity index (χ4v) is 3.92. The molecule has 1 heterocycles. The van der Waals surface area contributed by atoms with Crippen molar-refractivity contribution in [3.05, 3.63) is 70.0 Å². The van der Waals surface area contributed by atoms with Gasteiger partial charge in [0.1, 0.15) is 0 Å². The number of aromatic amines is 1. The maximum atomic E-state index is 12.7. The van der Waals surface area contributed by atoms with Crippen molar-refractivity contribution < 1.29 is 22.7 Å². The van der Waals surface area contributed by atoms with E-state index >= 15 is 0 Å². The Labute approximate surface area is 185 Å². The van der Waals surface area contributed by atoms with E-state index in [0.717, 1.165) is 10.4 Å². The minimum Gasteiger partial charge on any atom is -0.449 e. The van der Waals surface area contributed by atoms with Gasteiger partial charge < -0.3 is 15.0 Å². The summed E-state index contributed by atoms with van der Waals surface area (Å²) in [4.78, 5) is 39.8. The molecule has 32 heavy (non-hydrogen) atoms. The summed E-state index contributed by atoms with van der Waals surface area (Å²) in [6, 6.07) is 12.2. The largest absolute Gasteiger partial charge is 0.449 e. The van der Waals surface area contributed by atoms with Crippen molar-refractivity contribution in [1.29, 1.82) is 0 Å². The average Bonchev–Trinajstić information content (AvgIpc) is 2.74. The molecular formula is C22H23N3O6S. The Morgan fingerprint density at radius 3 is 2.47 bits per heavy atom. The summed E-state index contributed by atoms with van der Waals surface area (Å²) in [5.74, 6) is -1.47. The average molecular weight is 458 g/mol. The number of H-pyrrole nitrogens is 1. The molecule has 0 aliphatic heterocycles. The molecule has 0 radical (unpaired) electrons. The second kappa shape index (κ2) is 8.93. The van der Waals surface area contributed by atoms with Gasteiger partial charge in [-0.05, 0) is 37.6 Å². The first-order valence-electron chi connectivity index (χ1n) is 9.68. The molecule has 0 saturated carbocycles. The number of hydrogen-bond donors (Lipinski definition) is 2. The van der Waals surface area contributed by atoms with Crippen molar-refractivity contribution in [3.63, 3.8) is 0 Å². The maximum Gasteiger partial charge on any atom is 0.339 e. The molecule has 1 atom stereocenters. The van der Waals surface area contributed by atoms with E-state index in [-0.39, 0.29) is 16.1 Å². The minimum atomic E-state index is -3.69. The highest BCUT2D eigenvalue weighted by molar-refractivity contribution is 7.89. The van der Waals surface area contributed by atoms with Gasteiger partial charge in [-0.1, -0.05) is 24.3 Å². The molecule has 0 fully saturated rings. The van der Waals surface area contributed by atoms with Gasteiger partial charge in [-0.15, -0.1) is 0 Å². The summed E-state index contributed by atoms with van der Waals surface area (Å²) in [7, 11) is -0.868. The van der Waals surface area contributed by atoms with Crippen molar-refractivity contribution in [2.45, 2.75) is 24.8 Å². The van der Waals surface area contributed by atoms with Gasteiger partial charge in [-0.3, -0.25) is 9.59 Å². The van der Waals surface area contributed by atoms with E-state index in [0.29, 0.717) is 16.5 Å². The number of carbonyl (C=O) groups excluding carboxylic acids is 2. The first-order chi connectivity index (χ1) is 15.0. The Hall–Kier alpha value is -3.50. The number of fused-ring (bicyclic) bond motifs is 1. The number of nitrogens with one attached hydrogen (secondary N) is 2. The number of aromatic nitrogens is 1. The number of aryl methyl sites for hydroxylation is 1. The molecule has 1 amide bonds. The SMILES string of the molecule is Cc1ccc(S(=O)(=O)N(C)C)cc1NC(=O)C(C)OC(=O)c1cc(=O)[nH]c2ccccc12. The van der Waals surface area contributed by atoms with Crippen molar-refractivity contribution in [3.8, 4) is 0 Å². The molecule has 1 aromatic heterocycles. The first kappa shape index (κ1) is 23.2. The van der Waals surface area contributed by atoms with Crippen molar-refractivity contribution >= 4 is 38.5 Å². The van der Waals surface area contributed by atoms with E-state index in [1.807, 2.05) is 0 Å². The highest BCUT2D eigenvalue weighted by atomic mass is 32.2. The van der Waals surface area contributed by atoms with Gasteiger partial charge in [0.25, 0.3) is 5.91 Å². The highest BCUT2D eigenvalue weighted by Crippen LogP contribution is 2.23. The molecular weight excluding hydrogens is 434 g/mol. The molecule has 3 rings (SSSR count). The molecule has 0 aliphatic rings. The molecule has 0 spiro atoms. The number of hydrogen-bond acceptors (Lipinski definition) is 6. The number of rotatable bonds is 6. The van der Waals surface area contributed by atoms with E-state index in [1.165, 1.54) is 33.2 Å². The number of ether oxygens (including phenoxy) is 1. The molecule has 1 unspecified atom stereocenters. The van der Waals surface area contributed by atoms with Crippen LogP contribution in [0.1, 0.15) is 22.8 Å². The zero-order chi connectivity index (χ0) is 23.6. The number of carbonyl (C=O) groups is 2. The van der Waals surface area contributed by atoms with Gasteiger partial charge >= 0.3 is 5.97 Å². The quantitative estimate of drug-likeness (QED) is 0.547. The monoisotopic (exact) mass is 457 g/mol. The summed E-state index contributed by atoms with van der Waals surface area (Å²) >= 11 is 0. The first-order valence-corrected chi connectivity index (χ1v) is 11.1. The number of benzene rings is 2. The van der Waals surface area contributed by atoms with Crippen LogP contribution < -0.4 is 10.9 Å². The number of nitrogens with zero attached hydrogens (tertiary/aromatic N) is 1. The predicted molar refractivity (Wildman–Crippen MR) is 120 cm³/mol. The summed E-state index contributed by atoms with van der Waals surface area (Å²) in [5, 5.41) is 3.09. The number of esters is 1. The van der Waals surface area contributed by atoms with Crippen LogP contribution in [0.4, 0.5) is 5.69 Å². The molecule has 0 bridgehead atoms. The Bertz CT molecular complexity index is 1360. The van der Waals surface area contributed by atoms with Crippen LogP contribution in [0.15, 0.2) is 58.2 Å². The summed E-state index contributed by atoms with van der Waals surface area (Å²) in [5.41, 5.74) is 0.956. The minimum absolute atomic E-state index is 0.0167. The third kappa shape index (κ3) is 4.71. The predicted octanol–water partition coefficient (Wildman–Crippen LogP) is 2.27.